The van der Waals surface area contributed by atoms with Gasteiger partial charge in [0, 0.05) is 53.3 Å². The Morgan fingerprint density at radius 3 is 1.26 bits per heavy atom. The second kappa shape index (κ2) is 15.6. The first-order chi connectivity index (χ1) is 17.3. The van der Waals surface area contributed by atoms with Crippen molar-refractivity contribution in [2.45, 2.75) is 153 Å². The summed E-state index contributed by atoms with van der Waals surface area (Å²) in [4.78, 5) is 5.76. The zero-order chi connectivity index (χ0) is 29.9. The van der Waals surface area contributed by atoms with Crippen molar-refractivity contribution in [2.24, 2.45) is 21.7 Å². The molecule has 11 nitrogen and oxygen atoms in total. The number of nitrogens with zero attached hydrogens (tertiary/aromatic N) is 6. The van der Waals surface area contributed by atoms with Crippen LogP contribution in [0.5, 0.6) is 0 Å². The van der Waals surface area contributed by atoms with Crippen molar-refractivity contribution in [1.29, 1.82) is 0 Å². The van der Waals surface area contributed by atoms with Gasteiger partial charge in [-0.3, -0.25) is 0 Å². The van der Waals surface area contributed by atoms with Gasteiger partial charge in [-0.1, -0.05) is 51.8 Å². The van der Waals surface area contributed by atoms with E-state index in [1.54, 1.807) is 0 Å². The van der Waals surface area contributed by atoms with E-state index in [9.17, 15) is 0 Å². The maximum absolute atomic E-state index is 8.61. The summed E-state index contributed by atoms with van der Waals surface area (Å²) in [6, 6.07) is 0.162. The lowest BCUT2D eigenvalue weighted by Gasteiger charge is -2.42. The molecule has 222 valence electrons. The van der Waals surface area contributed by atoms with Crippen LogP contribution in [0.3, 0.4) is 0 Å². The molecule has 0 bridgehead atoms. The molecule has 2 saturated carbocycles. The monoisotopic (exact) mass is 572 g/mol. The summed E-state index contributed by atoms with van der Waals surface area (Å²) in [5.74, 6) is 0. The zero-order valence-corrected chi connectivity index (χ0v) is 27.8. The van der Waals surface area contributed by atoms with Crippen LogP contribution in [0.1, 0.15) is 80.1 Å². The molecule has 0 aromatic carbocycles. The highest BCUT2D eigenvalue weighted by atomic mass is 28.4. The van der Waals surface area contributed by atoms with E-state index in [1.807, 2.05) is 0 Å². The van der Waals surface area contributed by atoms with Crippen molar-refractivity contribution in [2.75, 3.05) is 7.11 Å². The second-order valence-corrected chi connectivity index (χ2v) is 23.2. The molecule has 2 rings (SSSR count). The molecular weight excluding hydrogens is 517 g/mol. The molecule has 13 heteroatoms. The van der Waals surface area contributed by atoms with E-state index in [1.165, 1.54) is 0 Å². The van der Waals surface area contributed by atoms with Crippen LogP contribution < -0.4 is 11.5 Å². The zero-order valence-electron chi connectivity index (χ0n) is 25.8. The number of azide groups is 2. The normalized spacial score (nSPS) is 28.4. The van der Waals surface area contributed by atoms with Gasteiger partial charge in [0.05, 0.1) is 0 Å². The minimum absolute atomic E-state index is 0.00985. The number of nitrogens with two attached hydrogens (primary N) is 2. The van der Waals surface area contributed by atoms with Gasteiger partial charge in [0.1, 0.15) is 0 Å². The van der Waals surface area contributed by atoms with E-state index < -0.39 is 16.6 Å². The van der Waals surface area contributed by atoms with Gasteiger partial charge in [0.25, 0.3) is 0 Å². The van der Waals surface area contributed by atoms with Crippen molar-refractivity contribution in [3.63, 3.8) is 0 Å². The molecule has 2 aliphatic rings. The molecule has 0 heterocycles. The molecule has 5 N–H and O–H groups in total. The quantitative estimate of drug-likeness (QED) is 0.137. The lowest BCUT2D eigenvalue weighted by Crippen LogP contribution is -2.49. The largest absolute Gasteiger partial charge is 0.414 e. The Morgan fingerprint density at radius 1 is 0.658 bits per heavy atom. The number of aliphatic hydroxyl groups excluding tert-OH is 1. The molecule has 2 aliphatic carbocycles. The van der Waals surface area contributed by atoms with Gasteiger partial charge in [-0.05, 0) is 85.9 Å². The van der Waals surface area contributed by atoms with E-state index in [0.29, 0.717) is 19.3 Å². The lowest BCUT2D eigenvalue weighted by molar-refractivity contribution is 0.118. The molecule has 0 aliphatic heterocycles. The maximum Gasteiger partial charge on any atom is 0.192 e. The van der Waals surface area contributed by atoms with Gasteiger partial charge in [0.15, 0.2) is 16.6 Å². The van der Waals surface area contributed by atoms with Gasteiger partial charge >= 0.3 is 0 Å². The van der Waals surface area contributed by atoms with Crippen LogP contribution in [0.2, 0.25) is 36.3 Å². The van der Waals surface area contributed by atoms with Crippen molar-refractivity contribution >= 4 is 16.6 Å². The molecule has 0 amide bonds. The van der Waals surface area contributed by atoms with Crippen LogP contribution in [0.15, 0.2) is 10.2 Å². The Balaban J connectivity index is 0.000000690. The first kappa shape index (κ1) is 36.9. The summed E-state index contributed by atoms with van der Waals surface area (Å²) in [6.45, 7) is 22.4. The van der Waals surface area contributed by atoms with E-state index in [4.69, 9.17) is 36.5 Å². The topological polar surface area (TPSA) is 188 Å². The minimum atomic E-state index is -1.87. The van der Waals surface area contributed by atoms with E-state index >= 15 is 0 Å². The van der Waals surface area contributed by atoms with Crippen LogP contribution >= 0.6 is 0 Å². The van der Waals surface area contributed by atoms with Crippen molar-refractivity contribution < 1.29 is 14.0 Å². The lowest BCUT2D eigenvalue weighted by atomic mass is 9.90. The van der Waals surface area contributed by atoms with Gasteiger partial charge in [-0.2, -0.15) is 0 Å². The Morgan fingerprint density at radius 2 is 0.974 bits per heavy atom. The Labute approximate surface area is 232 Å². The fraction of sp³-hybridized carbons (Fsp3) is 1.00. The summed E-state index contributed by atoms with van der Waals surface area (Å²) >= 11 is 0. The molecule has 2 unspecified atom stereocenters. The summed E-state index contributed by atoms with van der Waals surface area (Å²) in [7, 11) is -2.53. The van der Waals surface area contributed by atoms with Crippen LogP contribution in [0, 0.1) is 0 Å². The summed E-state index contributed by atoms with van der Waals surface area (Å²) in [6.07, 6.45) is 5.22. The van der Waals surface area contributed by atoms with E-state index in [2.05, 4.69) is 87.8 Å². The first-order valence-corrected chi connectivity index (χ1v) is 19.5. The summed E-state index contributed by atoms with van der Waals surface area (Å²) < 4.78 is 12.7. The van der Waals surface area contributed by atoms with Crippen LogP contribution in [-0.4, -0.2) is 65.2 Å². The van der Waals surface area contributed by atoms with Crippen LogP contribution in [-0.2, 0) is 8.85 Å². The molecule has 0 spiro atoms. The number of aliphatic hydroxyl groups is 1. The molecule has 0 saturated heterocycles. The SMILES string of the molecule is CC(C)(C)[Si](C)(C)OC1C[C@@H](N)C[C@@H](N)C1.CC(C)(C)[Si](C)(C)OC1C[C@@H](N=[N+]=[N-])C[C@@H](N=[N+]=[N-])C1.CO. The minimum Gasteiger partial charge on any atom is -0.414 e. The van der Waals surface area contributed by atoms with Crippen LogP contribution in [0.4, 0.5) is 0 Å². The summed E-state index contributed by atoms with van der Waals surface area (Å²) in [5.41, 5.74) is 29.2. The van der Waals surface area contributed by atoms with Crippen molar-refractivity contribution in [3.8, 4) is 0 Å². The smallest absolute Gasteiger partial charge is 0.192 e. The second-order valence-electron chi connectivity index (χ2n) is 13.7. The first-order valence-electron chi connectivity index (χ1n) is 13.7. The van der Waals surface area contributed by atoms with E-state index in [0.717, 1.165) is 26.4 Å². The number of hydrogen-bond acceptors (Lipinski definition) is 7. The van der Waals surface area contributed by atoms with Crippen LogP contribution in [0.25, 0.3) is 20.9 Å². The maximum atomic E-state index is 8.61. The standard InChI is InChI=1S/C12H24N6OSi.C12H28N2OSi.CH4O/c1-12(2,3)20(4,5)19-11-7-9(15-17-13)6-10(8-11)16-18-14;1-12(2,3)16(4,5)15-11-7-9(13)6-10(14)8-11;1-2/h9-11H,6-8H2,1-5H3;9-11H,6-8,13-14H2,1-5H3;2H,1H3/t2*9-,10+,11?;. The molecule has 0 aromatic rings. The molecule has 0 radical (unpaired) electrons. The molecule has 0 aromatic heterocycles. The highest BCUT2D eigenvalue weighted by Gasteiger charge is 2.42. The Hall–Kier alpha value is -1.15. The molecular formula is C25H56N8O3Si2. The van der Waals surface area contributed by atoms with Gasteiger partial charge < -0.3 is 25.4 Å². The highest BCUT2D eigenvalue weighted by Crippen LogP contribution is 2.40. The fourth-order valence-corrected chi connectivity index (χ4v) is 7.04. The number of rotatable bonds is 6. The third-order valence-corrected chi connectivity index (χ3v) is 17.4. The van der Waals surface area contributed by atoms with Gasteiger partial charge in [-0.25, -0.2) is 0 Å². The molecule has 6 atom stereocenters. The van der Waals surface area contributed by atoms with Gasteiger partial charge in [-0.15, -0.1) is 0 Å². The highest BCUT2D eigenvalue weighted by molar-refractivity contribution is 6.74. The average molecular weight is 573 g/mol. The fourth-order valence-electron chi connectivity index (χ4n) is 4.28. The Bertz CT molecular complexity index is 767. The van der Waals surface area contributed by atoms with Crippen molar-refractivity contribution in [1.82, 2.24) is 0 Å². The Kier molecular flexibility index (Phi) is 15.1. The molecule has 38 heavy (non-hydrogen) atoms. The third kappa shape index (κ3) is 12.4. The van der Waals surface area contributed by atoms with Crippen molar-refractivity contribution in [3.05, 3.63) is 20.9 Å². The predicted molar refractivity (Wildman–Crippen MR) is 162 cm³/mol. The number of hydrogen-bond donors (Lipinski definition) is 3. The van der Waals surface area contributed by atoms with Gasteiger partial charge in [0.2, 0.25) is 0 Å². The average Bonchev–Trinajstić information content (AvgIpc) is 2.73. The molecule has 2 fully saturated rings. The van der Waals surface area contributed by atoms with E-state index in [-0.39, 0.29) is 46.5 Å². The third-order valence-electron chi connectivity index (χ3n) is 8.32. The summed E-state index contributed by atoms with van der Waals surface area (Å²) in [5, 5.41) is 15.0. The predicted octanol–water partition coefficient (Wildman–Crippen LogP) is 6.74.